The lowest BCUT2D eigenvalue weighted by Gasteiger charge is -2.10. The molecule has 3 aromatic rings. The fourth-order valence-electron chi connectivity index (χ4n) is 2.91. The van der Waals surface area contributed by atoms with Gasteiger partial charge in [0.1, 0.15) is 5.75 Å². The van der Waals surface area contributed by atoms with Crippen LogP contribution in [-0.4, -0.2) is 11.0 Å². The molecule has 31 heavy (non-hydrogen) atoms. The lowest BCUT2D eigenvalue weighted by Crippen LogP contribution is -2.07. The maximum atomic E-state index is 12.8. The summed E-state index contributed by atoms with van der Waals surface area (Å²) in [5, 5.41) is 0. The van der Waals surface area contributed by atoms with Crippen LogP contribution in [0.4, 0.5) is 13.2 Å². The molecule has 1 aromatic heterocycles. The van der Waals surface area contributed by atoms with Crippen LogP contribution in [0.2, 0.25) is 0 Å². The fraction of sp³-hybridized carbons (Fsp3) is 0.250. The minimum Gasteiger partial charge on any atom is -0.426 e. The van der Waals surface area contributed by atoms with Crippen LogP contribution in [0.15, 0.2) is 65.6 Å². The van der Waals surface area contributed by atoms with Gasteiger partial charge in [-0.25, -0.2) is 0 Å². The Kier molecular flexibility index (Phi) is 7.38. The highest BCUT2D eigenvalue weighted by atomic mass is 32.2. The first-order valence-electron chi connectivity index (χ1n) is 9.84. The molecule has 0 amide bonds. The van der Waals surface area contributed by atoms with E-state index in [9.17, 15) is 18.0 Å². The number of hydrogen-bond acceptors (Lipinski definition) is 4. The largest absolute Gasteiger partial charge is 0.426 e. The Bertz CT molecular complexity index is 1050. The van der Waals surface area contributed by atoms with Gasteiger partial charge in [-0.3, -0.25) is 9.78 Å². The van der Waals surface area contributed by atoms with Crippen molar-refractivity contribution < 1.29 is 22.7 Å². The predicted octanol–water partition coefficient (Wildman–Crippen LogP) is 7.07. The number of carbonyl (C=O) groups excluding carboxylic acids is 1. The van der Waals surface area contributed by atoms with Crippen LogP contribution in [0, 0.1) is 6.92 Å². The molecule has 0 atom stereocenters. The summed E-state index contributed by atoms with van der Waals surface area (Å²) < 4.78 is 43.6. The highest BCUT2D eigenvalue weighted by Crippen LogP contribution is 2.31. The number of carbonyl (C=O) groups is 1. The van der Waals surface area contributed by atoms with Crippen molar-refractivity contribution in [2.75, 3.05) is 0 Å². The number of aryl methyl sites for hydroxylation is 1. The Morgan fingerprint density at radius 3 is 2.45 bits per heavy atom. The van der Waals surface area contributed by atoms with Gasteiger partial charge in [0.15, 0.2) is 0 Å². The van der Waals surface area contributed by atoms with Crippen LogP contribution < -0.4 is 4.74 Å². The third kappa shape index (κ3) is 6.34. The van der Waals surface area contributed by atoms with E-state index in [0.29, 0.717) is 29.2 Å². The predicted molar refractivity (Wildman–Crippen MR) is 116 cm³/mol. The average Bonchev–Trinajstić information content (AvgIpc) is 2.74. The van der Waals surface area contributed by atoms with Crippen LogP contribution in [-0.2, 0) is 16.7 Å². The standard InChI is InChI=1S/C24H22F3NO2S/c1-3-5-23(29)30-22-13-12-20(14-16(22)2)31-15-19-6-4-7-21(28-19)17-8-10-18(11-9-17)24(25,26)27/h4,6-14H,3,5,15H2,1-2H3. The summed E-state index contributed by atoms with van der Waals surface area (Å²) in [7, 11) is 0. The summed E-state index contributed by atoms with van der Waals surface area (Å²) in [6.07, 6.45) is -3.23. The van der Waals surface area contributed by atoms with Gasteiger partial charge in [0.2, 0.25) is 0 Å². The Hall–Kier alpha value is -2.80. The molecule has 0 aliphatic carbocycles. The van der Waals surface area contributed by atoms with E-state index in [1.54, 1.807) is 23.9 Å². The van der Waals surface area contributed by atoms with Crippen molar-refractivity contribution in [3.8, 4) is 17.0 Å². The van der Waals surface area contributed by atoms with Crippen LogP contribution in [0.1, 0.15) is 36.6 Å². The quantitative estimate of drug-likeness (QED) is 0.221. The Morgan fingerprint density at radius 1 is 1.06 bits per heavy atom. The zero-order valence-electron chi connectivity index (χ0n) is 17.2. The average molecular weight is 446 g/mol. The monoisotopic (exact) mass is 445 g/mol. The van der Waals surface area contributed by atoms with Crippen molar-refractivity contribution in [3.05, 3.63) is 77.5 Å². The number of esters is 1. The second kappa shape index (κ2) is 10.0. The number of halogens is 3. The number of benzene rings is 2. The molecule has 1 heterocycles. The van der Waals surface area contributed by atoms with Gasteiger partial charge in [-0.05, 0) is 61.4 Å². The second-order valence-corrected chi connectivity index (χ2v) is 8.08. The van der Waals surface area contributed by atoms with E-state index >= 15 is 0 Å². The molecule has 0 radical (unpaired) electrons. The topological polar surface area (TPSA) is 39.2 Å². The van der Waals surface area contributed by atoms with E-state index in [2.05, 4.69) is 4.98 Å². The maximum absolute atomic E-state index is 12.8. The first-order chi connectivity index (χ1) is 14.8. The van der Waals surface area contributed by atoms with E-state index in [1.165, 1.54) is 12.1 Å². The molecule has 7 heteroatoms. The van der Waals surface area contributed by atoms with Gasteiger partial charge >= 0.3 is 12.1 Å². The molecule has 0 aliphatic heterocycles. The van der Waals surface area contributed by atoms with E-state index < -0.39 is 11.7 Å². The second-order valence-electron chi connectivity index (χ2n) is 7.03. The molecule has 0 aliphatic rings. The van der Waals surface area contributed by atoms with Crippen molar-refractivity contribution >= 4 is 17.7 Å². The summed E-state index contributed by atoms with van der Waals surface area (Å²) >= 11 is 1.58. The van der Waals surface area contributed by atoms with Crippen molar-refractivity contribution in [2.45, 2.75) is 43.5 Å². The molecule has 2 aromatic carbocycles. The van der Waals surface area contributed by atoms with Crippen molar-refractivity contribution in [2.24, 2.45) is 0 Å². The number of hydrogen-bond donors (Lipinski definition) is 0. The zero-order chi connectivity index (χ0) is 22.4. The van der Waals surface area contributed by atoms with Gasteiger partial charge in [0, 0.05) is 22.6 Å². The van der Waals surface area contributed by atoms with E-state index in [4.69, 9.17) is 4.74 Å². The Labute approximate surface area is 183 Å². The zero-order valence-corrected chi connectivity index (χ0v) is 18.0. The molecule has 0 N–H and O–H groups in total. The van der Waals surface area contributed by atoms with Crippen LogP contribution >= 0.6 is 11.8 Å². The van der Waals surface area contributed by atoms with E-state index in [0.717, 1.165) is 34.7 Å². The van der Waals surface area contributed by atoms with Gasteiger partial charge in [-0.15, -0.1) is 11.8 Å². The Morgan fingerprint density at radius 2 is 1.81 bits per heavy atom. The molecule has 0 spiro atoms. The summed E-state index contributed by atoms with van der Waals surface area (Å²) in [4.78, 5) is 17.3. The Balaban J connectivity index is 1.66. The lowest BCUT2D eigenvalue weighted by molar-refractivity contribution is -0.137. The number of nitrogens with zero attached hydrogens (tertiary/aromatic N) is 1. The molecule has 0 saturated heterocycles. The third-order valence-corrected chi connectivity index (χ3v) is 5.55. The van der Waals surface area contributed by atoms with E-state index in [1.807, 2.05) is 38.1 Å². The van der Waals surface area contributed by atoms with Crippen molar-refractivity contribution in [1.29, 1.82) is 0 Å². The first kappa shape index (κ1) is 22.9. The fourth-order valence-corrected chi connectivity index (χ4v) is 3.81. The van der Waals surface area contributed by atoms with Crippen LogP contribution in [0.25, 0.3) is 11.3 Å². The van der Waals surface area contributed by atoms with Crippen LogP contribution in [0.5, 0.6) is 5.75 Å². The number of rotatable bonds is 7. The van der Waals surface area contributed by atoms with Gasteiger partial charge in [0.05, 0.1) is 17.0 Å². The maximum Gasteiger partial charge on any atom is 0.416 e. The number of aromatic nitrogens is 1. The minimum atomic E-state index is -4.35. The molecule has 162 valence electrons. The SMILES string of the molecule is CCCC(=O)Oc1ccc(SCc2cccc(-c3ccc(C(F)(F)F)cc3)n2)cc1C. The molecule has 3 nitrogen and oxygen atoms in total. The normalized spacial score (nSPS) is 11.4. The van der Waals surface area contributed by atoms with Gasteiger partial charge in [0.25, 0.3) is 0 Å². The summed E-state index contributed by atoms with van der Waals surface area (Å²) in [5.74, 6) is 0.920. The minimum absolute atomic E-state index is 0.240. The summed E-state index contributed by atoms with van der Waals surface area (Å²) in [6.45, 7) is 3.82. The first-order valence-corrected chi connectivity index (χ1v) is 10.8. The number of thioether (sulfide) groups is 1. The van der Waals surface area contributed by atoms with Crippen molar-refractivity contribution in [3.63, 3.8) is 0 Å². The van der Waals surface area contributed by atoms with Gasteiger partial charge in [-0.1, -0.05) is 25.1 Å². The van der Waals surface area contributed by atoms with Gasteiger partial charge < -0.3 is 4.74 Å². The van der Waals surface area contributed by atoms with Crippen LogP contribution in [0.3, 0.4) is 0 Å². The molecule has 0 bridgehead atoms. The third-order valence-electron chi connectivity index (χ3n) is 4.53. The molecular weight excluding hydrogens is 423 g/mol. The van der Waals surface area contributed by atoms with Crippen molar-refractivity contribution in [1.82, 2.24) is 4.98 Å². The number of alkyl halides is 3. The van der Waals surface area contributed by atoms with E-state index in [-0.39, 0.29) is 5.97 Å². The summed E-state index contributed by atoms with van der Waals surface area (Å²) in [5.41, 5.74) is 2.27. The molecule has 0 fully saturated rings. The summed E-state index contributed by atoms with van der Waals surface area (Å²) in [6, 6.07) is 16.1. The number of pyridine rings is 1. The molecule has 3 rings (SSSR count). The smallest absolute Gasteiger partial charge is 0.416 e. The molecular formula is C24H22F3NO2S. The lowest BCUT2D eigenvalue weighted by atomic mass is 10.1. The number of ether oxygens (including phenoxy) is 1. The highest BCUT2D eigenvalue weighted by molar-refractivity contribution is 7.98. The highest BCUT2D eigenvalue weighted by Gasteiger charge is 2.30. The van der Waals surface area contributed by atoms with Gasteiger partial charge in [-0.2, -0.15) is 13.2 Å². The molecule has 0 saturated carbocycles. The molecule has 0 unspecified atom stereocenters.